The summed E-state index contributed by atoms with van der Waals surface area (Å²) < 4.78 is 0. The van der Waals surface area contributed by atoms with Crippen LogP contribution in [-0.2, 0) is 0 Å². The van der Waals surface area contributed by atoms with Crippen LogP contribution in [-0.4, -0.2) is 64.3 Å². The standard InChI is InChI=1S/C19H24N4O4/c1-23(15-10-6-3-7-11-15)20-12-16(18(26)19(27)17(25)13-24)22-21-14-8-4-2-5-9-14/h2-12,17-19,21,24-27H,13H2,1H3. The Balaban J connectivity index is 2.21. The number of hydrazone groups is 2. The van der Waals surface area contributed by atoms with Gasteiger partial charge in [0.05, 0.1) is 24.2 Å². The molecule has 2 rings (SSSR count). The zero-order valence-electron chi connectivity index (χ0n) is 14.9. The second-order valence-electron chi connectivity index (χ2n) is 5.80. The summed E-state index contributed by atoms with van der Waals surface area (Å²) in [4.78, 5) is 0. The van der Waals surface area contributed by atoms with Gasteiger partial charge in [-0.25, -0.2) is 0 Å². The van der Waals surface area contributed by atoms with Crippen LogP contribution < -0.4 is 10.4 Å². The van der Waals surface area contributed by atoms with E-state index < -0.39 is 24.9 Å². The minimum absolute atomic E-state index is 0.0124. The third-order valence-corrected chi connectivity index (χ3v) is 3.79. The first kappa shape index (κ1) is 20.5. The molecule has 144 valence electrons. The SMILES string of the molecule is CN(N=CC(=NNc1ccccc1)C(O)C(O)C(O)CO)c1ccccc1. The molecule has 2 aromatic rings. The van der Waals surface area contributed by atoms with Crippen molar-refractivity contribution in [1.29, 1.82) is 0 Å². The lowest BCUT2D eigenvalue weighted by Crippen LogP contribution is -2.44. The van der Waals surface area contributed by atoms with Crippen molar-refractivity contribution in [3.05, 3.63) is 60.7 Å². The molecule has 0 radical (unpaired) electrons. The molecule has 0 bridgehead atoms. The smallest absolute Gasteiger partial charge is 0.128 e. The van der Waals surface area contributed by atoms with Crippen LogP contribution in [0.15, 0.2) is 70.9 Å². The van der Waals surface area contributed by atoms with E-state index in [1.807, 2.05) is 48.5 Å². The van der Waals surface area contributed by atoms with Gasteiger partial charge in [-0.15, -0.1) is 0 Å². The van der Waals surface area contributed by atoms with Gasteiger partial charge in [-0.05, 0) is 24.3 Å². The van der Waals surface area contributed by atoms with Crippen LogP contribution in [0, 0.1) is 0 Å². The predicted octanol–water partition coefficient (Wildman–Crippen LogP) is 0.652. The van der Waals surface area contributed by atoms with Gasteiger partial charge in [0.25, 0.3) is 0 Å². The summed E-state index contributed by atoms with van der Waals surface area (Å²) in [7, 11) is 1.72. The summed E-state index contributed by atoms with van der Waals surface area (Å²) in [5, 5.41) is 48.8. The van der Waals surface area contributed by atoms with Crippen molar-refractivity contribution >= 4 is 23.3 Å². The number of aliphatic hydroxyl groups excluding tert-OH is 4. The number of anilines is 2. The van der Waals surface area contributed by atoms with Crippen LogP contribution in [0.3, 0.4) is 0 Å². The Morgan fingerprint density at radius 3 is 2.22 bits per heavy atom. The van der Waals surface area contributed by atoms with E-state index in [0.717, 1.165) is 5.69 Å². The predicted molar refractivity (Wildman–Crippen MR) is 106 cm³/mol. The van der Waals surface area contributed by atoms with Gasteiger partial charge >= 0.3 is 0 Å². The molecule has 0 aliphatic heterocycles. The number of rotatable bonds is 9. The maximum absolute atomic E-state index is 10.3. The number of benzene rings is 2. The molecule has 0 amide bonds. The van der Waals surface area contributed by atoms with Crippen molar-refractivity contribution in [3.63, 3.8) is 0 Å². The fraction of sp³-hybridized carbons (Fsp3) is 0.263. The van der Waals surface area contributed by atoms with Crippen LogP contribution in [0.1, 0.15) is 0 Å². The van der Waals surface area contributed by atoms with E-state index in [2.05, 4.69) is 15.6 Å². The summed E-state index contributed by atoms with van der Waals surface area (Å²) >= 11 is 0. The van der Waals surface area contributed by atoms with Gasteiger partial charge in [0, 0.05) is 7.05 Å². The molecular weight excluding hydrogens is 348 g/mol. The van der Waals surface area contributed by atoms with E-state index in [-0.39, 0.29) is 5.71 Å². The highest BCUT2D eigenvalue weighted by molar-refractivity contribution is 6.33. The molecule has 0 aromatic heterocycles. The number of nitrogens with one attached hydrogen (secondary N) is 1. The topological polar surface area (TPSA) is 121 Å². The highest BCUT2D eigenvalue weighted by Gasteiger charge is 2.28. The normalized spacial score (nSPS) is 15.4. The second kappa shape index (κ2) is 10.4. The van der Waals surface area contributed by atoms with Crippen LogP contribution in [0.25, 0.3) is 0 Å². The van der Waals surface area contributed by atoms with Crippen LogP contribution >= 0.6 is 0 Å². The molecule has 8 heteroatoms. The molecule has 2 aromatic carbocycles. The Hall–Kier alpha value is -2.78. The molecule has 27 heavy (non-hydrogen) atoms. The van der Waals surface area contributed by atoms with Crippen molar-refractivity contribution in [2.75, 3.05) is 24.1 Å². The van der Waals surface area contributed by atoms with Gasteiger partial charge in [0.2, 0.25) is 0 Å². The van der Waals surface area contributed by atoms with Crippen LogP contribution in [0.4, 0.5) is 11.4 Å². The van der Waals surface area contributed by atoms with Crippen molar-refractivity contribution in [2.24, 2.45) is 10.2 Å². The third-order valence-electron chi connectivity index (χ3n) is 3.79. The second-order valence-corrected chi connectivity index (χ2v) is 5.80. The van der Waals surface area contributed by atoms with Gasteiger partial charge in [-0.3, -0.25) is 10.4 Å². The van der Waals surface area contributed by atoms with E-state index in [0.29, 0.717) is 5.69 Å². The first-order chi connectivity index (χ1) is 13.0. The average molecular weight is 372 g/mol. The molecule has 5 N–H and O–H groups in total. The molecule has 8 nitrogen and oxygen atoms in total. The Morgan fingerprint density at radius 1 is 1.04 bits per heavy atom. The monoisotopic (exact) mass is 372 g/mol. The molecule has 0 saturated heterocycles. The lowest BCUT2D eigenvalue weighted by atomic mass is 10.0. The molecule has 3 atom stereocenters. The lowest BCUT2D eigenvalue weighted by Gasteiger charge is -2.21. The Morgan fingerprint density at radius 2 is 1.63 bits per heavy atom. The van der Waals surface area contributed by atoms with Gasteiger partial charge < -0.3 is 20.4 Å². The molecule has 0 aliphatic carbocycles. The number of aliphatic hydroxyl groups is 4. The van der Waals surface area contributed by atoms with Crippen molar-refractivity contribution in [2.45, 2.75) is 18.3 Å². The Kier molecular flexibility index (Phi) is 7.90. The molecule has 0 spiro atoms. The maximum Gasteiger partial charge on any atom is 0.128 e. The summed E-state index contributed by atoms with van der Waals surface area (Å²) in [5.41, 5.74) is 4.24. The third kappa shape index (κ3) is 6.15. The van der Waals surface area contributed by atoms with E-state index >= 15 is 0 Å². The van der Waals surface area contributed by atoms with Crippen LogP contribution in [0.5, 0.6) is 0 Å². The lowest BCUT2D eigenvalue weighted by molar-refractivity contribution is -0.0548. The molecule has 0 saturated carbocycles. The number of hydrogen-bond donors (Lipinski definition) is 5. The minimum Gasteiger partial charge on any atom is -0.394 e. The highest BCUT2D eigenvalue weighted by atomic mass is 16.4. The number of nitrogens with zero attached hydrogens (tertiary/aromatic N) is 3. The number of hydrogen-bond acceptors (Lipinski definition) is 8. The Bertz CT molecular complexity index is 740. The van der Waals surface area contributed by atoms with Crippen molar-refractivity contribution in [3.8, 4) is 0 Å². The molecule has 0 heterocycles. The van der Waals surface area contributed by atoms with Crippen LogP contribution in [0.2, 0.25) is 0 Å². The van der Waals surface area contributed by atoms with E-state index in [4.69, 9.17) is 5.11 Å². The van der Waals surface area contributed by atoms with Crippen molar-refractivity contribution < 1.29 is 20.4 Å². The fourth-order valence-corrected chi connectivity index (χ4v) is 2.16. The van der Waals surface area contributed by atoms with Gasteiger partial charge in [0.15, 0.2) is 0 Å². The van der Waals surface area contributed by atoms with E-state index in [9.17, 15) is 15.3 Å². The Labute approximate surface area is 157 Å². The summed E-state index contributed by atoms with van der Waals surface area (Å²) in [6, 6.07) is 18.4. The zero-order chi connectivity index (χ0) is 19.6. The zero-order valence-corrected chi connectivity index (χ0v) is 14.9. The van der Waals surface area contributed by atoms with E-state index in [1.54, 1.807) is 24.2 Å². The van der Waals surface area contributed by atoms with Gasteiger partial charge in [-0.1, -0.05) is 36.4 Å². The summed E-state index contributed by atoms with van der Waals surface area (Å²) in [6.45, 7) is -0.696. The first-order valence-corrected chi connectivity index (χ1v) is 8.39. The first-order valence-electron chi connectivity index (χ1n) is 8.39. The fourth-order valence-electron chi connectivity index (χ4n) is 2.16. The van der Waals surface area contributed by atoms with E-state index in [1.165, 1.54) is 6.21 Å². The largest absolute Gasteiger partial charge is 0.394 e. The van der Waals surface area contributed by atoms with Gasteiger partial charge in [-0.2, -0.15) is 10.2 Å². The molecule has 0 aliphatic rings. The average Bonchev–Trinajstić information content (AvgIpc) is 2.73. The van der Waals surface area contributed by atoms with Gasteiger partial charge in [0.1, 0.15) is 24.0 Å². The molecule has 0 fully saturated rings. The summed E-state index contributed by atoms with van der Waals surface area (Å²) in [6.07, 6.45) is -3.42. The molecule has 3 unspecified atom stereocenters. The number of para-hydroxylation sites is 2. The quantitative estimate of drug-likeness (QED) is 0.326. The maximum atomic E-state index is 10.3. The summed E-state index contributed by atoms with van der Waals surface area (Å²) in [5.74, 6) is 0. The van der Waals surface area contributed by atoms with Crippen molar-refractivity contribution in [1.82, 2.24) is 0 Å². The molecular formula is C19H24N4O4. The minimum atomic E-state index is -1.63. The highest BCUT2D eigenvalue weighted by Crippen LogP contribution is 2.11.